The first-order chi connectivity index (χ1) is 14.0. The van der Waals surface area contributed by atoms with Gasteiger partial charge in [-0.1, -0.05) is 36.7 Å². The van der Waals surface area contributed by atoms with Gasteiger partial charge in [-0.05, 0) is 53.8 Å². The lowest BCUT2D eigenvalue weighted by molar-refractivity contribution is 0.0846. The molecule has 3 amide bonds. The molecule has 0 atom stereocenters. The standard InChI is InChI=1S/C21H18ClN3O3S/c1-2-13-5-7-14(8-6-13)19(26)24-25-20(27)15-9-10-16(22)17(12-15)23-21(28)18-4-3-11-29-18/h3-12H,2H2,1H3,(H,23,28)(H,24,26)(H,25,27). The smallest absolute Gasteiger partial charge is 0.269 e. The molecular weight excluding hydrogens is 410 g/mol. The van der Waals surface area contributed by atoms with Crippen LogP contribution in [0.15, 0.2) is 60.0 Å². The highest BCUT2D eigenvalue weighted by molar-refractivity contribution is 7.12. The molecular formula is C21H18ClN3O3S. The quantitative estimate of drug-likeness (QED) is 0.531. The monoisotopic (exact) mass is 427 g/mol. The number of hydrogen-bond donors (Lipinski definition) is 3. The number of aryl methyl sites for hydroxylation is 1. The van der Waals surface area contributed by atoms with Crippen LogP contribution in [0.4, 0.5) is 5.69 Å². The van der Waals surface area contributed by atoms with Crippen molar-refractivity contribution >= 4 is 46.3 Å². The van der Waals surface area contributed by atoms with Gasteiger partial charge in [0, 0.05) is 11.1 Å². The number of halogens is 1. The van der Waals surface area contributed by atoms with E-state index in [0.717, 1.165) is 12.0 Å². The van der Waals surface area contributed by atoms with Gasteiger partial charge in [-0.3, -0.25) is 25.2 Å². The van der Waals surface area contributed by atoms with Gasteiger partial charge in [-0.15, -0.1) is 11.3 Å². The Morgan fingerprint density at radius 1 is 0.897 bits per heavy atom. The fraction of sp³-hybridized carbons (Fsp3) is 0.0952. The van der Waals surface area contributed by atoms with E-state index in [-0.39, 0.29) is 11.5 Å². The Labute approximate surface area is 176 Å². The van der Waals surface area contributed by atoms with Gasteiger partial charge in [0.25, 0.3) is 17.7 Å². The highest BCUT2D eigenvalue weighted by Crippen LogP contribution is 2.24. The zero-order valence-electron chi connectivity index (χ0n) is 15.5. The summed E-state index contributed by atoms with van der Waals surface area (Å²) in [6, 6.07) is 15.0. The van der Waals surface area contributed by atoms with Crippen molar-refractivity contribution in [1.29, 1.82) is 0 Å². The average molecular weight is 428 g/mol. The van der Waals surface area contributed by atoms with Crippen LogP contribution >= 0.6 is 22.9 Å². The van der Waals surface area contributed by atoms with Crippen molar-refractivity contribution in [2.24, 2.45) is 0 Å². The third-order valence-electron chi connectivity index (χ3n) is 4.14. The van der Waals surface area contributed by atoms with Crippen molar-refractivity contribution in [3.63, 3.8) is 0 Å². The van der Waals surface area contributed by atoms with E-state index in [1.807, 2.05) is 19.1 Å². The molecule has 8 heteroatoms. The van der Waals surface area contributed by atoms with Crippen molar-refractivity contribution < 1.29 is 14.4 Å². The van der Waals surface area contributed by atoms with Crippen LogP contribution in [0.5, 0.6) is 0 Å². The van der Waals surface area contributed by atoms with Crippen LogP contribution in [0.2, 0.25) is 5.02 Å². The Morgan fingerprint density at radius 3 is 2.17 bits per heavy atom. The van der Waals surface area contributed by atoms with E-state index in [0.29, 0.717) is 21.2 Å². The van der Waals surface area contributed by atoms with E-state index in [1.54, 1.807) is 29.6 Å². The number of anilines is 1. The number of hydrazine groups is 1. The van der Waals surface area contributed by atoms with E-state index in [4.69, 9.17) is 11.6 Å². The molecule has 3 N–H and O–H groups in total. The average Bonchev–Trinajstić information content (AvgIpc) is 3.28. The van der Waals surface area contributed by atoms with Gasteiger partial charge in [-0.25, -0.2) is 0 Å². The summed E-state index contributed by atoms with van der Waals surface area (Å²) in [5.41, 5.74) is 6.82. The van der Waals surface area contributed by atoms with Crippen LogP contribution in [0.1, 0.15) is 42.9 Å². The second-order valence-electron chi connectivity index (χ2n) is 6.08. The number of thiophene rings is 1. The van der Waals surface area contributed by atoms with Crippen molar-refractivity contribution in [3.05, 3.63) is 86.6 Å². The molecule has 2 aromatic carbocycles. The van der Waals surface area contributed by atoms with E-state index in [9.17, 15) is 14.4 Å². The molecule has 0 radical (unpaired) electrons. The second kappa shape index (κ2) is 9.36. The maximum atomic E-state index is 12.4. The van der Waals surface area contributed by atoms with Gasteiger partial charge >= 0.3 is 0 Å². The zero-order valence-corrected chi connectivity index (χ0v) is 17.1. The summed E-state index contributed by atoms with van der Waals surface area (Å²) in [6.07, 6.45) is 0.876. The van der Waals surface area contributed by atoms with Gasteiger partial charge in [0.05, 0.1) is 15.6 Å². The molecule has 0 saturated carbocycles. The number of carbonyl (C=O) groups is 3. The Kier molecular flexibility index (Phi) is 6.64. The summed E-state index contributed by atoms with van der Waals surface area (Å²) in [5, 5.41) is 4.77. The molecule has 1 heterocycles. The molecule has 0 bridgehead atoms. The lowest BCUT2D eigenvalue weighted by atomic mass is 10.1. The number of hydrogen-bond acceptors (Lipinski definition) is 4. The van der Waals surface area contributed by atoms with Crippen LogP contribution in [0.25, 0.3) is 0 Å². The summed E-state index contributed by atoms with van der Waals surface area (Å²) < 4.78 is 0. The molecule has 29 heavy (non-hydrogen) atoms. The van der Waals surface area contributed by atoms with E-state index in [2.05, 4.69) is 16.2 Å². The lowest BCUT2D eigenvalue weighted by Gasteiger charge is -2.10. The van der Waals surface area contributed by atoms with Crippen LogP contribution in [0, 0.1) is 0 Å². The molecule has 0 aliphatic heterocycles. The summed E-state index contributed by atoms with van der Waals surface area (Å²) in [4.78, 5) is 37.3. The molecule has 1 aromatic heterocycles. The predicted octanol–water partition coefficient (Wildman–Crippen LogP) is 4.29. The van der Waals surface area contributed by atoms with E-state index < -0.39 is 11.8 Å². The Bertz CT molecular complexity index is 1030. The third-order valence-corrected chi connectivity index (χ3v) is 5.33. The number of benzene rings is 2. The Balaban J connectivity index is 1.64. The fourth-order valence-electron chi connectivity index (χ4n) is 2.50. The molecule has 0 unspecified atom stereocenters. The molecule has 0 fully saturated rings. The highest BCUT2D eigenvalue weighted by atomic mass is 35.5. The molecule has 0 aliphatic carbocycles. The predicted molar refractivity (Wildman–Crippen MR) is 114 cm³/mol. The first-order valence-electron chi connectivity index (χ1n) is 8.82. The minimum atomic E-state index is -0.535. The van der Waals surface area contributed by atoms with Crippen molar-refractivity contribution in [3.8, 4) is 0 Å². The molecule has 6 nitrogen and oxygen atoms in total. The molecule has 148 valence electrons. The van der Waals surface area contributed by atoms with E-state index in [1.165, 1.54) is 29.5 Å². The largest absolute Gasteiger partial charge is 0.320 e. The fourth-order valence-corrected chi connectivity index (χ4v) is 3.29. The van der Waals surface area contributed by atoms with Crippen molar-refractivity contribution in [2.45, 2.75) is 13.3 Å². The number of amides is 3. The van der Waals surface area contributed by atoms with Crippen molar-refractivity contribution in [2.75, 3.05) is 5.32 Å². The number of nitrogens with one attached hydrogen (secondary N) is 3. The first kappa shape index (κ1) is 20.6. The third kappa shape index (κ3) is 5.22. The van der Waals surface area contributed by atoms with Crippen LogP contribution < -0.4 is 16.2 Å². The summed E-state index contributed by atoms with van der Waals surface area (Å²) in [5.74, 6) is -1.28. The maximum Gasteiger partial charge on any atom is 0.269 e. The number of rotatable bonds is 5. The molecule has 3 aromatic rings. The number of carbonyl (C=O) groups excluding carboxylic acids is 3. The van der Waals surface area contributed by atoms with Gasteiger partial charge in [-0.2, -0.15) is 0 Å². The van der Waals surface area contributed by atoms with Crippen LogP contribution in [0.3, 0.4) is 0 Å². The molecule has 0 spiro atoms. The SMILES string of the molecule is CCc1ccc(C(=O)NNC(=O)c2ccc(Cl)c(NC(=O)c3cccs3)c2)cc1. The molecule has 3 rings (SSSR count). The normalized spacial score (nSPS) is 10.3. The van der Waals surface area contributed by atoms with Gasteiger partial charge in [0.15, 0.2) is 0 Å². The maximum absolute atomic E-state index is 12.4. The Hall–Kier alpha value is -3.16. The zero-order chi connectivity index (χ0) is 20.8. The van der Waals surface area contributed by atoms with E-state index >= 15 is 0 Å². The summed E-state index contributed by atoms with van der Waals surface area (Å²) in [7, 11) is 0. The summed E-state index contributed by atoms with van der Waals surface area (Å²) in [6.45, 7) is 2.03. The van der Waals surface area contributed by atoms with Gasteiger partial charge in [0.2, 0.25) is 0 Å². The Morgan fingerprint density at radius 2 is 1.55 bits per heavy atom. The second-order valence-corrected chi connectivity index (χ2v) is 7.44. The topological polar surface area (TPSA) is 87.3 Å². The lowest BCUT2D eigenvalue weighted by Crippen LogP contribution is -2.41. The molecule has 0 aliphatic rings. The minimum absolute atomic E-state index is 0.234. The highest BCUT2D eigenvalue weighted by Gasteiger charge is 2.14. The summed E-state index contributed by atoms with van der Waals surface area (Å²) >= 11 is 7.42. The van der Waals surface area contributed by atoms with Gasteiger partial charge < -0.3 is 5.32 Å². The molecule has 0 saturated heterocycles. The van der Waals surface area contributed by atoms with Gasteiger partial charge in [0.1, 0.15) is 0 Å². The minimum Gasteiger partial charge on any atom is -0.320 e. The first-order valence-corrected chi connectivity index (χ1v) is 10.1. The van der Waals surface area contributed by atoms with Crippen LogP contribution in [-0.2, 0) is 6.42 Å². The van der Waals surface area contributed by atoms with Crippen molar-refractivity contribution in [1.82, 2.24) is 10.9 Å². The van der Waals surface area contributed by atoms with Crippen LogP contribution in [-0.4, -0.2) is 17.7 Å².